The molecule has 142 valence electrons. The van der Waals surface area contributed by atoms with Crippen LogP contribution in [0.15, 0.2) is 47.2 Å². The van der Waals surface area contributed by atoms with Crippen LogP contribution in [0, 0.1) is 0 Å². The monoisotopic (exact) mass is 477 g/mol. The number of ether oxygens (including phenoxy) is 1. The molecule has 1 aromatic carbocycles. The van der Waals surface area contributed by atoms with Crippen molar-refractivity contribution < 1.29 is 9.53 Å². The lowest BCUT2D eigenvalue weighted by Crippen LogP contribution is -2.29. The van der Waals surface area contributed by atoms with Crippen LogP contribution in [-0.4, -0.2) is 39.2 Å². The fourth-order valence-corrected chi connectivity index (χ4v) is 4.21. The summed E-state index contributed by atoms with van der Waals surface area (Å²) in [6.45, 7) is 0. The standard InChI is InChI=1S/C18H13BrClN5O2S/c1-24(17-15-12(27-2)6-3-7-13(15)28-23-17)18(26)11-9-14(19)22-25(11)16-10(20)5-4-8-21-16/h3-9H,1-2H3. The summed E-state index contributed by atoms with van der Waals surface area (Å²) < 4.78 is 12.7. The Balaban J connectivity index is 1.81. The molecule has 1 amide bonds. The van der Waals surface area contributed by atoms with E-state index in [1.807, 2.05) is 18.2 Å². The fourth-order valence-electron chi connectivity index (χ4n) is 2.81. The number of carbonyl (C=O) groups is 1. The Bertz CT molecular complexity index is 1190. The Morgan fingerprint density at radius 3 is 2.89 bits per heavy atom. The molecule has 0 aliphatic rings. The molecule has 4 aromatic rings. The van der Waals surface area contributed by atoms with Crippen LogP contribution in [0.1, 0.15) is 10.5 Å². The minimum atomic E-state index is -0.307. The number of halogens is 2. The molecular weight excluding hydrogens is 466 g/mol. The molecule has 0 fully saturated rings. The molecule has 0 N–H and O–H groups in total. The summed E-state index contributed by atoms with van der Waals surface area (Å²) in [6.07, 6.45) is 1.59. The van der Waals surface area contributed by atoms with Gasteiger partial charge in [0.25, 0.3) is 5.91 Å². The molecule has 0 aliphatic heterocycles. The van der Waals surface area contributed by atoms with Crippen molar-refractivity contribution in [3.63, 3.8) is 0 Å². The molecule has 0 bridgehead atoms. The number of amides is 1. The summed E-state index contributed by atoms with van der Waals surface area (Å²) in [5, 5.41) is 5.49. The van der Waals surface area contributed by atoms with Crippen LogP contribution in [0.25, 0.3) is 15.9 Å². The highest BCUT2D eigenvalue weighted by atomic mass is 79.9. The van der Waals surface area contributed by atoms with E-state index in [0.29, 0.717) is 32.7 Å². The number of methoxy groups -OCH3 is 1. The predicted octanol–water partition coefficient (Wildman–Crippen LogP) is 4.58. The average Bonchev–Trinajstić information content (AvgIpc) is 3.30. The maximum atomic E-state index is 13.3. The summed E-state index contributed by atoms with van der Waals surface area (Å²) in [6, 6.07) is 10.7. The van der Waals surface area contributed by atoms with E-state index in [1.165, 1.54) is 21.1 Å². The third kappa shape index (κ3) is 3.15. The Hall–Kier alpha value is -2.49. The highest BCUT2D eigenvalue weighted by Crippen LogP contribution is 2.37. The third-order valence-corrected chi connectivity index (χ3v) is 5.61. The van der Waals surface area contributed by atoms with Crippen molar-refractivity contribution >= 4 is 60.9 Å². The number of aromatic nitrogens is 4. The van der Waals surface area contributed by atoms with Crippen molar-refractivity contribution in [2.45, 2.75) is 0 Å². The van der Waals surface area contributed by atoms with Crippen molar-refractivity contribution in [2.75, 3.05) is 19.1 Å². The minimum Gasteiger partial charge on any atom is -0.496 e. The van der Waals surface area contributed by atoms with E-state index in [4.69, 9.17) is 16.3 Å². The van der Waals surface area contributed by atoms with Crippen LogP contribution in [0.3, 0.4) is 0 Å². The first-order valence-electron chi connectivity index (χ1n) is 8.08. The molecule has 0 unspecified atom stereocenters. The van der Waals surface area contributed by atoms with Gasteiger partial charge in [0.1, 0.15) is 16.0 Å². The summed E-state index contributed by atoms with van der Waals surface area (Å²) in [4.78, 5) is 19.0. The summed E-state index contributed by atoms with van der Waals surface area (Å²) in [5.41, 5.74) is 0.297. The number of nitrogens with zero attached hydrogens (tertiary/aromatic N) is 5. The van der Waals surface area contributed by atoms with Gasteiger partial charge in [-0.1, -0.05) is 17.7 Å². The average molecular weight is 479 g/mol. The molecule has 0 aliphatic carbocycles. The van der Waals surface area contributed by atoms with Crippen LogP contribution in [0.5, 0.6) is 5.75 Å². The third-order valence-electron chi connectivity index (χ3n) is 4.12. The largest absolute Gasteiger partial charge is 0.496 e. The number of benzene rings is 1. The molecule has 0 atom stereocenters. The minimum absolute atomic E-state index is 0.297. The van der Waals surface area contributed by atoms with Crippen molar-refractivity contribution in [3.05, 3.63) is 57.9 Å². The van der Waals surface area contributed by atoms with Crippen LogP contribution >= 0.6 is 39.1 Å². The first kappa shape index (κ1) is 18.9. The smallest absolute Gasteiger partial charge is 0.278 e. The van der Waals surface area contributed by atoms with Gasteiger partial charge in [-0.25, -0.2) is 9.67 Å². The van der Waals surface area contributed by atoms with Gasteiger partial charge in [-0.15, -0.1) is 0 Å². The summed E-state index contributed by atoms with van der Waals surface area (Å²) in [5.74, 6) is 1.23. The molecule has 3 heterocycles. The molecule has 4 rings (SSSR count). The van der Waals surface area contributed by atoms with E-state index in [-0.39, 0.29) is 5.91 Å². The summed E-state index contributed by atoms with van der Waals surface area (Å²) >= 11 is 10.9. The summed E-state index contributed by atoms with van der Waals surface area (Å²) in [7, 11) is 3.25. The van der Waals surface area contributed by atoms with Gasteiger partial charge in [-0.05, 0) is 51.7 Å². The van der Waals surface area contributed by atoms with Crippen molar-refractivity contribution in [2.24, 2.45) is 0 Å². The second kappa shape index (κ2) is 7.50. The van der Waals surface area contributed by atoms with Crippen molar-refractivity contribution in [1.82, 2.24) is 19.1 Å². The molecule has 10 heteroatoms. The fraction of sp³-hybridized carbons (Fsp3) is 0.111. The number of fused-ring (bicyclic) bond motifs is 1. The molecule has 0 radical (unpaired) electrons. The zero-order valence-electron chi connectivity index (χ0n) is 14.8. The topological polar surface area (TPSA) is 73.1 Å². The van der Waals surface area contributed by atoms with E-state index in [1.54, 1.807) is 38.6 Å². The van der Waals surface area contributed by atoms with E-state index < -0.39 is 0 Å². The molecule has 28 heavy (non-hydrogen) atoms. The second-order valence-electron chi connectivity index (χ2n) is 5.78. The molecule has 7 nitrogen and oxygen atoms in total. The van der Waals surface area contributed by atoms with E-state index >= 15 is 0 Å². The van der Waals surface area contributed by atoms with Gasteiger partial charge >= 0.3 is 0 Å². The van der Waals surface area contributed by atoms with Gasteiger partial charge in [0.15, 0.2) is 11.6 Å². The van der Waals surface area contributed by atoms with Gasteiger partial charge in [-0.2, -0.15) is 9.47 Å². The molecule has 3 aromatic heterocycles. The Labute approximate surface area is 177 Å². The lowest BCUT2D eigenvalue weighted by Gasteiger charge is -2.16. The predicted molar refractivity (Wildman–Crippen MR) is 113 cm³/mol. The zero-order valence-corrected chi connectivity index (χ0v) is 17.9. The van der Waals surface area contributed by atoms with Crippen LogP contribution in [-0.2, 0) is 0 Å². The highest BCUT2D eigenvalue weighted by molar-refractivity contribution is 9.10. The van der Waals surface area contributed by atoms with Gasteiger partial charge < -0.3 is 4.74 Å². The Morgan fingerprint density at radius 1 is 1.32 bits per heavy atom. The highest BCUT2D eigenvalue weighted by Gasteiger charge is 2.25. The van der Waals surface area contributed by atoms with Gasteiger partial charge in [0.2, 0.25) is 0 Å². The molecular formula is C18H13BrClN5O2S. The SMILES string of the molecule is COc1cccc2snc(N(C)C(=O)c3cc(Br)nn3-c3ncccc3Cl)c12. The van der Waals surface area contributed by atoms with Gasteiger partial charge in [-0.3, -0.25) is 9.69 Å². The maximum absolute atomic E-state index is 13.3. The normalized spacial score (nSPS) is 11.0. The van der Waals surface area contributed by atoms with Crippen LogP contribution in [0.2, 0.25) is 5.02 Å². The van der Waals surface area contributed by atoms with Crippen molar-refractivity contribution in [3.8, 4) is 11.6 Å². The van der Waals surface area contributed by atoms with E-state index in [2.05, 4.69) is 30.4 Å². The number of hydrogen-bond acceptors (Lipinski definition) is 6. The number of hydrogen-bond donors (Lipinski definition) is 0. The molecule has 0 spiro atoms. The number of anilines is 1. The number of carbonyl (C=O) groups excluding carboxylic acids is 1. The quantitative estimate of drug-likeness (QED) is 0.429. The Kier molecular flexibility index (Phi) is 5.05. The lowest BCUT2D eigenvalue weighted by atomic mass is 10.2. The zero-order chi connectivity index (χ0) is 19.8. The lowest BCUT2D eigenvalue weighted by molar-refractivity contribution is 0.0985. The first-order valence-corrected chi connectivity index (χ1v) is 10.0. The van der Waals surface area contributed by atoms with Gasteiger partial charge in [0, 0.05) is 19.3 Å². The Morgan fingerprint density at radius 2 is 2.14 bits per heavy atom. The molecule has 0 saturated heterocycles. The first-order chi connectivity index (χ1) is 13.5. The van der Waals surface area contributed by atoms with E-state index in [0.717, 1.165) is 10.1 Å². The van der Waals surface area contributed by atoms with Crippen molar-refractivity contribution in [1.29, 1.82) is 0 Å². The second-order valence-corrected chi connectivity index (χ2v) is 7.80. The van der Waals surface area contributed by atoms with Crippen LogP contribution < -0.4 is 9.64 Å². The van der Waals surface area contributed by atoms with Gasteiger partial charge in [0.05, 0.1) is 22.2 Å². The number of rotatable bonds is 4. The molecule has 0 saturated carbocycles. The maximum Gasteiger partial charge on any atom is 0.278 e. The van der Waals surface area contributed by atoms with Crippen LogP contribution in [0.4, 0.5) is 5.82 Å². The number of pyridine rings is 1. The van der Waals surface area contributed by atoms with E-state index in [9.17, 15) is 4.79 Å².